The summed E-state index contributed by atoms with van der Waals surface area (Å²) in [6.45, 7) is 2.82. The van der Waals surface area contributed by atoms with E-state index in [9.17, 15) is 9.59 Å². The predicted octanol–water partition coefficient (Wildman–Crippen LogP) is 4.04. The number of carbonyl (C=O) groups is 2. The Bertz CT molecular complexity index is 876. The number of nitrogens with zero attached hydrogens (tertiary/aromatic N) is 2. The summed E-state index contributed by atoms with van der Waals surface area (Å²) in [5, 5.41) is 2.93. The van der Waals surface area contributed by atoms with Gasteiger partial charge >= 0.3 is 0 Å². The maximum Gasteiger partial charge on any atom is 0.257 e. The number of aryl methyl sites for hydroxylation is 1. The first-order valence-electron chi connectivity index (χ1n) is 9.60. The number of hydrogen-bond acceptors (Lipinski definition) is 3. The van der Waals surface area contributed by atoms with Gasteiger partial charge in [-0.2, -0.15) is 0 Å². The van der Waals surface area contributed by atoms with Crippen molar-refractivity contribution < 1.29 is 9.59 Å². The Morgan fingerprint density at radius 2 is 1.85 bits per heavy atom. The molecule has 1 atom stereocenters. The fourth-order valence-corrected chi connectivity index (χ4v) is 4.03. The van der Waals surface area contributed by atoms with Gasteiger partial charge < -0.3 is 15.1 Å². The van der Waals surface area contributed by atoms with Crippen molar-refractivity contribution in [2.75, 3.05) is 23.8 Å². The molecule has 0 spiro atoms. The Morgan fingerprint density at radius 3 is 2.63 bits per heavy atom. The van der Waals surface area contributed by atoms with Gasteiger partial charge in [-0.3, -0.25) is 9.59 Å². The molecule has 140 valence electrons. The zero-order valence-electron chi connectivity index (χ0n) is 15.9. The molecule has 2 aromatic rings. The molecule has 5 nitrogen and oxygen atoms in total. The number of rotatable bonds is 2. The van der Waals surface area contributed by atoms with Crippen LogP contribution in [0.1, 0.15) is 52.0 Å². The molecule has 1 N–H and O–H groups in total. The van der Waals surface area contributed by atoms with Crippen LogP contribution in [0, 0.1) is 6.92 Å². The number of fused-ring (bicyclic) bond motifs is 2. The van der Waals surface area contributed by atoms with Crippen molar-refractivity contribution in [1.29, 1.82) is 0 Å². The quantitative estimate of drug-likeness (QED) is 0.876. The lowest BCUT2D eigenvalue weighted by Crippen LogP contribution is -2.53. The Kier molecular flexibility index (Phi) is 4.60. The molecule has 1 unspecified atom stereocenters. The van der Waals surface area contributed by atoms with Crippen molar-refractivity contribution in [3.05, 3.63) is 59.2 Å². The average Bonchev–Trinajstić information content (AvgIpc) is 2.94. The molecule has 2 aromatic carbocycles. The molecular formula is C22H25N3O2. The highest BCUT2D eigenvalue weighted by molar-refractivity contribution is 6.08. The summed E-state index contributed by atoms with van der Waals surface area (Å²) in [5.41, 5.74) is 4.01. The molecular weight excluding hydrogens is 338 g/mol. The van der Waals surface area contributed by atoms with E-state index in [1.54, 1.807) is 12.1 Å². The highest BCUT2D eigenvalue weighted by Crippen LogP contribution is 2.34. The molecule has 2 aliphatic heterocycles. The van der Waals surface area contributed by atoms with E-state index >= 15 is 0 Å². The minimum Gasteiger partial charge on any atom is -0.354 e. The van der Waals surface area contributed by atoms with E-state index in [1.165, 1.54) is 0 Å². The highest BCUT2D eigenvalue weighted by atomic mass is 16.2. The van der Waals surface area contributed by atoms with E-state index in [0.29, 0.717) is 11.1 Å². The molecule has 0 radical (unpaired) electrons. The van der Waals surface area contributed by atoms with Crippen LogP contribution in [0.25, 0.3) is 0 Å². The molecule has 5 heteroatoms. The van der Waals surface area contributed by atoms with Crippen molar-refractivity contribution in [1.82, 2.24) is 4.90 Å². The fraction of sp³-hybridized carbons (Fsp3) is 0.364. The molecule has 4 rings (SSSR count). The van der Waals surface area contributed by atoms with Crippen LogP contribution in [0.15, 0.2) is 42.5 Å². The zero-order chi connectivity index (χ0) is 19.0. The van der Waals surface area contributed by atoms with Crippen molar-refractivity contribution in [2.45, 2.75) is 38.8 Å². The second kappa shape index (κ2) is 7.06. The Morgan fingerprint density at radius 1 is 1.07 bits per heavy atom. The van der Waals surface area contributed by atoms with Gasteiger partial charge in [0.2, 0.25) is 0 Å². The Labute approximate surface area is 160 Å². The largest absolute Gasteiger partial charge is 0.354 e. The van der Waals surface area contributed by atoms with Gasteiger partial charge in [0.05, 0.1) is 11.3 Å². The number of hydrogen-bond donors (Lipinski definition) is 1. The van der Waals surface area contributed by atoms with E-state index in [0.717, 1.165) is 49.2 Å². The standard InChI is InChI=1S/C22H25N3O2/c1-15-7-10-17(11-8-15)23-21(26)16-9-12-18-19(14-16)24(2)20-6-4-3-5-13-25(20)22(18)27/h7-12,14,20H,3-6,13H2,1-2H3,(H,23,26). The van der Waals surface area contributed by atoms with Gasteiger partial charge in [-0.05, 0) is 56.5 Å². The van der Waals surface area contributed by atoms with Crippen molar-refractivity contribution in [3.63, 3.8) is 0 Å². The molecule has 0 saturated carbocycles. The van der Waals surface area contributed by atoms with Crippen molar-refractivity contribution in [2.24, 2.45) is 0 Å². The summed E-state index contributed by atoms with van der Waals surface area (Å²) in [6, 6.07) is 13.1. The van der Waals surface area contributed by atoms with Crippen molar-refractivity contribution >= 4 is 23.2 Å². The number of nitrogens with one attached hydrogen (secondary N) is 1. The molecule has 1 fully saturated rings. The maximum atomic E-state index is 13.0. The summed E-state index contributed by atoms with van der Waals surface area (Å²) < 4.78 is 0. The van der Waals surface area contributed by atoms with Crippen LogP contribution in [0.4, 0.5) is 11.4 Å². The summed E-state index contributed by atoms with van der Waals surface area (Å²) in [4.78, 5) is 29.8. The van der Waals surface area contributed by atoms with Crippen LogP contribution in [0.2, 0.25) is 0 Å². The third-order valence-corrected chi connectivity index (χ3v) is 5.61. The zero-order valence-corrected chi connectivity index (χ0v) is 15.9. The van der Waals surface area contributed by atoms with Gasteiger partial charge in [0.25, 0.3) is 11.8 Å². The fourth-order valence-electron chi connectivity index (χ4n) is 4.03. The van der Waals surface area contributed by atoms with E-state index in [2.05, 4.69) is 10.2 Å². The minimum absolute atomic E-state index is 0.0838. The average molecular weight is 363 g/mol. The van der Waals surface area contributed by atoms with E-state index < -0.39 is 0 Å². The minimum atomic E-state index is -0.161. The Hall–Kier alpha value is -2.82. The molecule has 0 bridgehead atoms. The topological polar surface area (TPSA) is 52.7 Å². The Balaban J connectivity index is 1.62. The highest BCUT2D eigenvalue weighted by Gasteiger charge is 2.36. The van der Waals surface area contributed by atoms with E-state index in [-0.39, 0.29) is 18.0 Å². The smallest absolute Gasteiger partial charge is 0.257 e. The van der Waals surface area contributed by atoms with Gasteiger partial charge in [-0.25, -0.2) is 0 Å². The lowest BCUT2D eigenvalue weighted by molar-refractivity contribution is 0.0661. The molecule has 27 heavy (non-hydrogen) atoms. The van der Waals surface area contributed by atoms with Gasteiger partial charge in [0.15, 0.2) is 0 Å². The molecule has 2 aliphatic rings. The number of carbonyl (C=O) groups excluding carboxylic acids is 2. The lowest BCUT2D eigenvalue weighted by Gasteiger charge is -2.43. The monoisotopic (exact) mass is 363 g/mol. The van der Waals surface area contributed by atoms with Crippen LogP contribution in [0.3, 0.4) is 0 Å². The lowest BCUT2D eigenvalue weighted by atomic mass is 10.0. The summed E-state index contributed by atoms with van der Waals surface area (Å²) in [5.74, 6) is -0.0775. The van der Waals surface area contributed by atoms with Crippen LogP contribution >= 0.6 is 0 Å². The SMILES string of the molecule is Cc1ccc(NC(=O)c2ccc3c(c2)N(C)C2CCCCCN2C3=O)cc1. The van der Waals surface area contributed by atoms with Crippen molar-refractivity contribution in [3.8, 4) is 0 Å². The van der Waals surface area contributed by atoms with Crippen LogP contribution < -0.4 is 10.2 Å². The van der Waals surface area contributed by atoms with Gasteiger partial charge in [-0.15, -0.1) is 0 Å². The number of amides is 2. The van der Waals surface area contributed by atoms with Crippen LogP contribution in [-0.4, -0.2) is 36.5 Å². The summed E-state index contributed by atoms with van der Waals surface area (Å²) in [6.07, 6.45) is 4.41. The van der Waals surface area contributed by atoms with Gasteiger partial charge in [0.1, 0.15) is 6.17 Å². The molecule has 0 aromatic heterocycles. The first-order chi connectivity index (χ1) is 13.0. The van der Waals surface area contributed by atoms with E-state index in [4.69, 9.17) is 0 Å². The van der Waals surface area contributed by atoms with Crippen LogP contribution in [-0.2, 0) is 0 Å². The molecule has 1 saturated heterocycles. The summed E-state index contributed by atoms with van der Waals surface area (Å²) >= 11 is 0. The van der Waals surface area contributed by atoms with Gasteiger partial charge in [0, 0.05) is 24.8 Å². The normalized spacial score (nSPS) is 19.2. The van der Waals surface area contributed by atoms with Gasteiger partial charge in [-0.1, -0.05) is 24.1 Å². The molecule has 0 aliphatic carbocycles. The number of anilines is 2. The third-order valence-electron chi connectivity index (χ3n) is 5.61. The third kappa shape index (κ3) is 3.29. The predicted molar refractivity (Wildman–Crippen MR) is 107 cm³/mol. The van der Waals surface area contributed by atoms with E-state index in [1.807, 2.05) is 49.2 Å². The first-order valence-corrected chi connectivity index (χ1v) is 9.60. The first kappa shape index (κ1) is 17.6. The summed E-state index contributed by atoms with van der Waals surface area (Å²) in [7, 11) is 2.02. The molecule has 2 amide bonds. The maximum absolute atomic E-state index is 13.0. The van der Waals surface area contributed by atoms with Crippen LogP contribution in [0.5, 0.6) is 0 Å². The molecule has 2 heterocycles. The second-order valence-electron chi connectivity index (χ2n) is 7.49. The second-order valence-corrected chi connectivity index (χ2v) is 7.49. The number of benzene rings is 2.